The maximum Gasteiger partial charge on any atom is 0.335 e. The van der Waals surface area contributed by atoms with Gasteiger partial charge in [0.25, 0.3) is 0 Å². The molecular formula is C26H21ClN6O4. The summed E-state index contributed by atoms with van der Waals surface area (Å²) in [5.41, 5.74) is 2.56. The van der Waals surface area contributed by atoms with Gasteiger partial charge in [-0.15, -0.1) is 5.10 Å². The van der Waals surface area contributed by atoms with E-state index >= 15 is 0 Å². The molecule has 0 radical (unpaired) electrons. The van der Waals surface area contributed by atoms with Crippen LogP contribution in [-0.2, 0) is 16.0 Å². The monoisotopic (exact) mass is 516 g/mol. The molecule has 1 aromatic heterocycles. The van der Waals surface area contributed by atoms with Gasteiger partial charge in [-0.3, -0.25) is 9.59 Å². The third-order valence-electron chi connectivity index (χ3n) is 5.31. The van der Waals surface area contributed by atoms with Crippen molar-refractivity contribution >= 4 is 41.1 Å². The molecule has 11 heteroatoms. The summed E-state index contributed by atoms with van der Waals surface area (Å²) in [5, 5.41) is 26.1. The average molecular weight is 517 g/mol. The zero-order valence-corrected chi connectivity index (χ0v) is 20.0. The molecule has 3 aromatic carbocycles. The number of aromatic nitrogens is 4. The normalized spacial score (nSPS) is 11.7. The minimum atomic E-state index is -1.07. The van der Waals surface area contributed by atoms with Crippen LogP contribution in [-0.4, -0.2) is 49.1 Å². The third kappa shape index (κ3) is 6.86. The van der Waals surface area contributed by atoms with Gasteiger partial charge in [-0.2, -0.15) is 4.68 Å². The molecule has 0 unspecified atom stereocenters. The van der Waals surface area contributed by atoms with Gasteiger partial charge in [0.1, 0.15) is 12.4 Å². The molecule has 4 aromatic rings. The Balaban J connectivity index is 1.51. The quantitative estimate of drug-likeness (QED) is 0.290. The van der Waals surface area contributed by atoms with E-state index in [0.717, 1.165) is 5.56 Å². The van der Waals surface area contributed by atoms with Gasteiger partial charge in [-0.25, -0.2) is 4.79 Å². The number of carboxylic acids is 1. The first-order valence-corrected chi connectivity index (χ1v) is 11.5. The number of carbonyl (C=O) groups is 3. The number of benzene rings is 3. The summed E-state index contributed by atoms with van der Waals surface area (Å²) in [7, 11) is 0. The van der Waals surface area contributed by atoms with Crippen molar-refractivity contribution in [1.29, 1.82) is 0 Å². The molecule has 0 fully saturated rings. The van der Waals surface area contributed by atoms with Crippen molar-refractivity contribution in [2.45, 2.75) is 12.5 Å². The Morgan fingerprint density at radius 2 is 1.78 bits per heavy atom. The van der Waals surface area contributed by atoms with Crippen LogP contribution in [0.4, 0.5) is 5.69 Å². The summed E-state index contributed by atoms with van der Waals surface area (Å²) < 4.78 is 1.44. The van der Waals surface area contributed by atoms with Crippen molar-refractivity contribution in [3.63, 3.8) is 0 Å². The average Bonchev–Trinajstić information content (AvgIpc) is 3.43. The van der Waals surface area contributed by atoms with Gasteiger partial charge in [0.15, 0.2) is 0 Å². The molecule has 37 heavy (non-hydrogen) atoms. The van der Waals surface area contributed by atoms with Crippen LogP contribution in [0.15, 0.2) is 85.2 Å². The molecule has 0 spiro atoms. The second-order valence-corrected chi connectivity index (χ2v) is 8.35. The topological polar surface area (TPSA) is 139 Å². The first kappa shape index (κ1) is 25.3. The van der Waals surface area contributed by atoms with E-state index in [1.807, 2.05) is 30.3 Å². The fourth-order valence-corrected chi connectivity index (χ4v) is 3.69. The first-order valence-electron chi connectivity index (χ1n) is 11.1. The molecular weight excluding hydrogens is 496 g/mol. The number of anilines is 1. The molecule has 0 aliphatic heterocycles. The molecule has 0 bridgehead atoms. The minimum absolute atomic E-state index is 0.0966. The predicted octanol–water partition coefficient (Wildman–Crippen LogP) is 3.39. The fourth-order valence-electron chi connectivity index (χ4n) is 3.51. The van der Waals surface area contributed by atoms with Gasteiger partial charge >= 0.3 is 5.97 Å². The standard InChI is InChI=1S/C26H21ClN6O4/c27-20-9-12-23(33-16-28-31-32-33)19(15-20)8-13-24(34)30-22(14-17-4-2-1-3-5-17)25(35)29-21-10-6-18(7-11-21)26(36)37/h1-13,15-16,22H,14H2,(H,29,35)(H,30,34)(H,36,37)/b13-8+/t22-/m0/s1. The smallest absolute Gasteiger partial charge is 0.335 e. The number of halogens is 1. The largest absolute Gasteiger partial charge is 0.478 e. The Hall–Kier alpha value is -4.83. The lowest BCUT2D eigenvalue weighted by atomic mass is 10.0. The lowest BCUT2D eigenvalue weighted by Crippen LogP contribution is -2.44. The van der Waals surface area contributed by atoms with Crippen molar-refractivity contribution in [2.75, 3.05) is 5.32 Å². The zero-order chi connectivity index (χ0) is 26.2. The number of hydrogen-bond acceptors (Lipinski definition) is 6. The highest BCUT2D eigenvalue weighted by Crippen LogP contribution is 2.20. The number of rotatable bonds is 9. The Labute approximate surface area is 216 Å². The van der Waals surface area contributed by atoms with E-state index in [9.17, 15) is 14.4 Å². The highest BCUT2D eigenvalue weighted by Gasteiger charge is 2.21. The van der Waals surface area contributed by atoms with Crippen LogP contribution in [0.1, 0.15) is 21.5 Å². The summed E-state index contributed by atoms with van der Waals surface area (Å²) >= 11 is 6.13. The lowest BCUT2D eigenvalue weighted by molar-refractivity contribution is -0.123. The fraction of sp³-hybridized carbons (Fsp3) is 0.0769. The van der Waals surface area contributed by atoms with E-state index in [1.54, 1.807) is 24.3 Å². The maximum atomic E-state index is 13.1. The molecule has 1 atom stereocenters. The number of nitrogens with one attached hydrogen (secondary N) is 2. The van der Waals surface area contributed by atoms with E-state index in [-0.39, 0.29) is 12.0 Å². The Morgan fingerprint density at radius 3 is 2.46 bits per heavy atom. The molecule has 2 amide bonds. The second-order valence-electron chi connectivity index (χ2n) is 7.91. The van der Waals surface area contributed by atoms with E-state index in [1.165, 1.54) is 41.4 Å². The van der Waals surface area contributed by atoms with Gasteiger partial charge < -0.3 is 15.7 Å². The van der Waals surface area contributed by atoms with Crippen molar-refractivity contribution in [1.82, 2.24) is 25.5 Å². The van der Waals surface area contributed by atoms with Gasteiger partial charge in [-0.1, -0.05) is 41.9 Å². The number of aromatic carboxylic acids is 1. The second kappa shape index (κ2) is 11.7. The summed E-state index contributed by atoms with van der Waals surface area (Å²) in [4.78, 5) is 37.0. The molecule has 4 rings (SSSR count). The van der Waals surface area contributed by atoms with Gasteiger partial charge in [-0.05, 0) is 64.5 Å². The lowest BCUT2D eigenvalue weighted by Gasteiger charge is -2.18. The highest BCUT2D eigenvalue weighted by molar-refractivity contribution is 6.30. The number of nitrogens with zero attached hydrogens (tertiary/aromatic N) is 4. The van der Waals surface area contributed by atoms with Crippen LogP contribution < -0.4 is 10.6 Å². The zero-order valence-electron chi connectivity index (χ0n) is 19.3. The summed E-state index contributed by atoms with van der Waals surface area (Å²) in [6.07, 6.45) is 4.52. The Kier molecular flexibility index (Phi) is 8.01. The van der Waals surface area contributed by atoms with Gasteiger partial charge in [0.05, 0.1) is 11.3 Å². The predicted molar refractivity (Wildman–Crippen MR) is 137 cm³/mol. The molecule has 0 aliphatic rings. The van der Waals surface area contributed by atoms with Crippen molar-refractivity contribution < 1.29 is 19.5 Å². The highest BCUT2D eigenvalue weighted by atomic mass is 35.5. The number of carboxylic acid groups (broad SMARTS) is 1. The van der Waals surface area contributed by atoms with E-state index < -0.39 is 23.8 Å². The van der Waals surface area contributed by atoms with E-state index in [0.29, 0.717) is 22.0 Å². The van der Waals surface area contributed by atoms with Crippen LogP contribution in [0.3, 0.4) is 0 Å². The van der Waals surface area contributed by atoms with Crippen LogP contribution in [0.25, 0.3) is 11.8 Å². The molecule has 10 nitrogen and oxygen atoms in total. The van der Waals surface area contributed by atoms with Gasteiger partial charge in [0, 0.05) is 28.8 Å². The van der Waals surface area contributed by atoms with E-state index in [2.05, 4.69) is 26.2 Å². The minimum Gasteiger partial charge on any atom is -0.478 e. The SMILES string of the molecule is O=C(/C=C/c1cc(Cl)ccc1-n1cnnn1)N[C@@H](Cc1ccccc1)C(=O)Nc1ccc(C(=O)O)cc1. The number of tetrazole rings is 1. The molecule has 0 saturated carbocycles. The van der Waals surface area contributed by atoms with Crippen LogP contribution in [0.2, 0.25) is 5.02 Å². The maximum absolute atomic E-state index is 13.1. The van der Waals surface area contributed by atoms with Gasteiger partial charge in [0.2, 0.25) is 11.8 Å². The number of amides is 2. The Bertz CT molecular complexity index is 1420. The summed E-state index contributed by atoms with van der Waals surface area (Å²) in [6.45, 7) is 0. The van der Waals surface area contributed by atoms with Crippen molar-refractivity contribution in [3.05, 3.63) is 107 Å². The number of hydrogen-bond donors (Lipinski definition) is 3. The van der Waals surface area contributed by atoms with Crippen LogP contribution in [0.5, 0.6) is 0 Å². The van der Waals surface area contributed by atoms with Crippen molar-refractivity contribution in [2.24, 2.45) is 0 Å². The molecule has 0 saturated heterocycles. The summed E-state index contributed by atoms with van der Waals surface area (Å²) in [5.74, 6) is -2.02. The molecule has 186 valence electrons. The first-order chi connectivity index (χ1) is 17.9. The summed E-state index contributed by atoms with van der Waals surface area (Å²) in [6, 6.07) is 19.2. The Morgan fingerprint density at radius 1 is 1.03 bits per heavy atom. The molecule has 0 aliphatic carbocycles. The van der Waals surface area contributed by atoms with Crippen LogP contribution >= 0.6 is 11.6 Å². The number of carbonyl (C=O) groups excluding carboxylic acids is 2. The molecule has 3 N–H and O–H groups in total. The third-order valence-corrected chi connectivity index (χ3v) is 5.55. The van der Waals surface area contributed by atoms with Crippen LogP contribution in [0, 0.1) is 0 Å². The van der Waals surface area contributed by atoms with Crippen molar-refractivity contribution in [3.8, 4) is 5.69 Å². The molecule has 1 heterocycles. The van der Waals surface area contributed by atoms with E-state index in [4.69, 9.17) is 16.7 Å².